The number of nitrogens with zero attached hydrogens (tertiary/aromatic N) is 2. The third kappa shape index (κ3) is 3.04. The Morgan fingerprint density at radius 3 is 2.78 bits per heavy atom. The molecule has 0 bridgehead atoms. The van der Waals surface area contributed by atoms with Crippen LogP contribution in [0.15, 0.2) is 5.38 Å². The first-order chi connectivity index (χ1) is 8.85. The van der Waals surface area contributed by atoms with Gasteiger partial charge in [-0.1, -0.05) is 13.3 Å². The first-order valence-electron chi connectivity index (χ1n) is 7.28. The van der Waals surface area contributed by atoms with Crippen LogP contribution in [0.1, 0.15) is 44.7 Å². The molecule has 1 N–H and O–H groups in total. The first-order valence-corrected chi connectivity index (χ1v) is 8.16. The molecule has 1 aliphatic heterocycles. The smallest absolute Gasteiger partial charge is 0.185 e. The van der Waals surface area contributed by atoms with Crippen molar-refractivity contribution in [2.24, 2.45) is 5.92 Å². The highest BCUT2D eigenvalue weighted by Gasteiger charge is 2.22. The Morgan fingerprint density at radius 2 is 2.11 bits per heavy atom. The van der Waals surface area contributed by atoms with E-state index >= 15 is 0 Å². The van der Waals surface area contributed by atoms with Gasteiger partial charge in [-0.05, 0) is 31.6 Å². The lowest BCUT2D eigenvalue weighted by Crippen LogP contribution is -2.33. The largest absolute Gasteiger partial charge is 0.348 e. The lowest BCUT2D eigenvalue weighted by molar-refractivity contribution is 0.395. The normalized spacial score (nSPS) is 21.5. The van der Waals surface area contributed by atoms with Crippen LogP contribution in [0.4, 0.5) is 5.13 Å². The number of anilines is 1. The minimum atomic E-state index is 0.774. The maximum atomic E-state index is 4.77. The standard InChI is InChI=1S/C14H23N3S/c1-2-11-5-7-17(8-6-11)14-16-13(10-18-14)9-15-12-3-4-12/h10-12,15H,2-9H2,1H3. The summed E-state index contributed by atoms with van der Waals surface area (Å²) in [6, 6.07) is 0.774. The van der Waals surface area contributed by atoms with Crippen LogP contribution in [0.3, 0.4) is 0 Å². The number of aromatic nitrogens is 1. The van der Waals surface area contributed by atoms with Crippen LogP contribution in [0.2, 0.25) is 0 Å². The molecule has 2 aliphatic rings. The van der Waals surface area contributed by atoms with Crippen LogP contribution in [0.5, 0.6) is 0 Å². The molecular formula is C14H23N3S. The van der Waals surface area contributed by atoms with Crippen LogP contribution in [-0.4, -0.2) is 24.1 Å². The Kier molecular flexibility index (Phi) is 3.85. The number of hydrogen-bond donors (Lipinski definition) is 1. The van der Waals surface area contributed by atoms with E-state index in [1.807, 2.05) is 11.3 Å². The van der Waals surface area contributed by atoms with E-state index in [4.69, 9.17) is 4.98 Å². The molecule has 0 spiro atoms. The summed E-state index contributed by atoms with van der Waals surface area (Å²) in [5.74, 6) is 0.942. The zero-order valence-electron chi connectivity index (χ0n) is 11.2. The molecule has 1 saturated carbocycles. The van der Waals surface area contributed by atoms with Crippen molar-refractivity contribution in [2.75, 3.05) is 18.0 Å². The second-order valence-corrected chi connectivity index (χ2v) is 6.45. The Hall–Kier alpha value is -0.610. The van der Waals surface area contributed by atoms with E-state index in [2.05, 4.69) is 22.5 Å². The summed E-state index contributed by atoms with van der Waals surface area (Å²) in [4.78, 5) is 7.24. The molecule has 4 heteroatoms. The Balaban J connectivity index is 1.52. The third-order valence-corrected chi connectivity index (χ3v) is 5.10. The lowest BCUT2D eigenvalue weighted by Gasteiger charge is -2.31. The van der Waals surface area contributed by atoms with Crippen molar-refractivity contribution in [1.29, 1.82) is 0 Å². The fourth-order valence-corrected chi connectivity index (χ4v) is 3.47. The molecule has 0 radical (unpaired) electrons. The molecule has 18 heavy (non-hydrogen) atoms. The predicted molar refractivity (Wildman–Crippen MR) is 77.2 cm³/mol. The van der Waals surface area contributed by atoms with Gasteiger partial charge in [-0.25, -0.2) is 4.98 Å². The van der Waals surface area contributed by atoms with Gasteiger partial charge >= 0.3 is 0 Å². The summed E-state index contributed by atoms with van der Waals surface area (Å²) >= 11 is 1.81. The summed E-state index contributed by atoms with van der Waals surface area (Å²) in [7, 11) is 0. The molecule has 0 aromatic carbocycles. The number of nitrogens with one attached hydrogen (secondary N) is 1. The fraction of sp³-hybridized carbons (Fsp3) is 0.786. The van der Waals surface area contributed by atoms with Gasteiger partial charge in [-0.2, -0.15) is 0 Å². The van der Waals surface area contributed by atoms with Crippen LogP contribution < -0.4 is 10.2 Å². The van der Waals surface area contributed by atoms with Crippen LogP contribution in [0, 0.1) is 5.92 Å². The predicted octanol–water partition coefficient (Wildman–Crippen LogP) is 3.02. The minimum absolute atomic E-state index is 0.774. The monoisotopic (exact) mass is 265 g/mol. The quantitative estimate of drug-likeness (QED) is 0.887. The number of hydrogen-bond acceptors (Lipinski definition) is 4. The lowest BCUT2D eigenvalue weighted by atomic mass is 9.95. The average molecular weight is 265 g/mol. The van der Waals surface area contributed by atoms with Gasteiger partial charge < -0.3 is 10.2 Å². The Morgan fingerprint density at radius 1 is 1.33 bits per heavy atom. The van der Waals surface area contributed by atoms with Crippen LogP contribution in [-0.2, 0) is 6.54 Å². The summed E-state index contributed by atoms with van der Waals surface area (Å²) in [5, 5.41) is 6.98. The Labute approximate surface area is 114 Å². The van der Waals surface area contributed by atoms with Crippen molar-refractivity contribution in [3.63, 3.8) is 0 Å². The van der Waals surface area contributed by atoms with Crippen molar-refractivity contribution >= 4 is 16.5 Å². The highest BCUT2D eigenvalue weighted by Crippen LogP contribution is 2.27. The zero-order valence-corrected chi connectivity index (χ0v) is 12.0. The fourth-order valence-electron chi connectivity index (χ4n) is 2.59. The van der Waals surface area contributed by atoms with Crippen LogP contribution >= 0.6 is 11.3 Å². The number of thiazole rings is 1. The van der Waals surface area contributed by atoms with Crippen molar-refractivity contribution < 1.29 is 0 Å². The Bertz CT molecular complexity index is 378. The van der Waals surface area contributed by atoms with Gasteiger partial charge in [0.05, 0.1) is 5.69 Å². The first kappa shape index (κ1) is 12.4. The highest BCUT2D eigenvalue weighted by molar-refractivity contribution is 7.13. The van der Waals surface area contributed by atoms with E-state index in [1.165, 1.54) is 56.0 Å². The maximum Gasteiger partial charge on any atom is 0.185 e. The molecule has 3 nitrogen and oxygen atoms in total. The molecular weight excluding hydrogens is 242 g/mol. The third-order valence-electron chi connectivity index (χ3n) is 4.15. The molecule has 1 saturated heterocycles. The van der Waals surface area contributed by atoms with E-state index in [0.717, 1.165) is 18.5 Å². The van der Waals surface area contributed by atoms with E-state index in [1.54, 1.807) is 0 Å². The van der Waals surface area contributed by atoms with Crippen molar-refractivity contribution in [3.8, 4) is 0 Å². The molecule has 3 rings (SSSR count). The maximum absolute atomic E-state index is 4.77. The van der Waals surface area contributed by atoms with Crippen molar-refractivity contribution in [2.45, 2.75) is 51.6 Å². The summed E-state index contributed by atoms with van der Waals surface area (Å²) in [5.41, 5.74) is 1.22. The topological polar surface area (TPSA) is 28.2 Å². The summed E-state index contributed by atoms with van der Waals surface area (Å²) < 4.78 is 0. The minimum Gasteiger partial charge on any atom is -0.348 e. The highest BCUT2D eigenvalue weighted by atomic mass is 32.1. The second-order valence-electron chi connectivity index (χ2n) is 5.62. The van der Waals surface area contributed by atoms with Gasteiger partial charge in [-0.15, -0.1) is 11.3 Å². The zero-order chi connectivity index (χ0) is 12.4. The molecule has 1 aromatic rings. The van der Waals surface area contributed by atoms with Gasteiger partial charge in [0.15, 0.2) is 5.13 Å². The van der Waals surface area contributed by atoms with Crippen molar-refractivity contribution in [1.82, 2.24) is 10.3 Å². The molecule has 100 valence electrons. The molecule has 0 unspecified atom stereocenters. The van der Waals surface area contributed by atoms with E-state index in [9.17, 15) is 0 Å². The molecule has 0 atom stereocenters. The van der Waals surface area contributed by atoms with Gasteiger partial charge in [0.1, 0.15) is 0 Å². The molecule has 2 heterocycles. The molecule has 0 amide bonds. The molecule has 1 aliphatic carbocycles. The summed E-state index contributed by atoms with van der Waals surface area (Å²) in [6.45, 7) is 5.65. The number of rotatable bonds is 5. The van der Waals surface area contributed by atoms with Crippen molar-refractivity contribution in [3.05, 3.63) is 11.1 Å². The van der Waals surface area contributed by atoms with Crippen LogP contribution in [0.25, 0.3) is 0 Å². The number of piperidine rings is 1. The van der Waals surface area contributed by atoms with Gasteiger partial charge in [0.25, 0.3) is 0 Å². The average Bonchev–Trinajstić information content (AvgIpc) is 3.14. The van der Waals surface area contributed by atoms with E-state index in [-0.39, 0.29) is 0 Å². The SMILES string of the molecule is CCC1CCN(c2nc(CNC3CC3)cs2)CC1. The van der Waals surface area contributed by atoms with E-state index in [0.29, 0.717) is 0 Å². The second kappa shape index (κ2) is 5.57. The van der Waals surface area contributed by atoms with E-state index < -0.39 is 0 Å². The summed E-state index contributed by atoms with van der Waals surface area (Å²) in [6.07, 6.45) is 6.71. The van der Waals surface area contributed by atoms with Gasteiger partial charge in [0.2, 0.25) is 0 Å². The van der Waals surface area contributed by atoms with Gasteiger partial charge in [0, 0.05) is 31.1 Å². The van der Waals surface area contributed by atoms with Gasteiger partial charge in [-0.3, -0.25) is 0 Å². The molecule has 2 fully saturated rings. The molecule has 1 aromatic heterocycles.